The zero-order valence-corrected chi connectivity index (χ0v) is 12.9. The summed E-state index contributed by atoms with van der Waals surface area (Å²) >= 11 is 0. The topological polar surface area (TPSA) is 61.4 Å². The molecule has 19 heavy (non-hydrogen) atoms. The Hall–Kier alpha value is -0.610. The van der Waals surface area contributed by atoms with Crippen molar-refractivity contribution < 1.29 is 9.90 Å². The fraction of sp³-hybridized carbons (Fsp3) is 0.933. The van der Waals surface area contributed by atoms with E-state index in [1.807, 2.05) is 0 Å². The Morgan fingerprint density at radius 2 is 2.11 bits per heavy atom. The Labute approximate surface area is 117 Å². The minimum Gasteiger partial charge on any atom is -0.388 e. The lowest BCUT2D eigenvalue weighted by Crippen LogP contribution is -2.46. The molecule has 0 saturated heterocycles. The number of rotatable bonds is 5. The summed E-state index contributed by atoms with van der Waals surface area (Å²) in [6.07, 6.45) is 4.30. The summed E-state index contributed by atoms with van der Waals surface area (Å²) in [5.74, 6) is 0.571. The third-order valence-electron chi connectivity index (χ3n) is 3.69. The van der Waals surface area contributed by atoms with Crippen molar-refractivity contribution in [3.8, 4) is 0 Å². The number of aliphatic hydroxyl groups is 1. The van der Waals surface area contributed by atoms with Gasteiger partial charge in [0.25, 0.3) is 0 Å². The molecule has 0 radical (unpaired) electrons. The van der Waals surface area contributed by atoms with Crippen LogP contribution in [0, 0.1) is 5.92 Å². The van der Waals surface area contributed by atoms with E-state index in [2.05, 4.69) is 38.3 Å². The number of nitrogens with one attached hydrogen (secondary N) is 2. The smallest absolute Gasteiger partial charge is 0.221 e. The summed E-state index contributed by atoms with van der Waals surface area (Å²) in [6.45, 7) is 9.47. The minimum absolute atomic E-state index is 0.0170. The molecule has 1 fully saturated rings. The molecule has 1 aliphatic carbocycles. The maximum absolute atomic E-state index is 11.7. The van der Waals surface area contributed by atoms with Gasteiger partial charge in [-0.3, -0.25) is 4.79 Å². The third-order valence-corrected chi connectivity index (χ3v) is 3.69. The Bertz CT molecular complexity index is 299. The van der Waals surface area contributed by atoms with Gasteiger partial charge in [0, 0.05) is 25.0 Å². The van der Waals surface area contributed by atoms with Crippen LogP contribution < -0.4 is 10.6 Å². The molecule has 1 rings (SSSR count). The highest BCUT2D eigenvalue weighted by Gasteiger charge is 2.32. The second-order valence-electron chi connectivity index (χ2n) is 7.13. The molecule has 3 N–H and O–H groups in total. The van der Waals surface area contributed by atoms with Crippen molar-refractivity contribution in [3.05, 3.63) is 0 Å². The maximum Gasteiger partial charge on any atom is 0.221 e. The van der Waals surface area contributed by atoms with Crippen molar-refractivity contribution >= 4 is 5.91 Å². The van der Waals surface area contributed by atoms with Gasteiger partial charge in [-0.1, -0.05) is 19.8 Å². The van der Waals surface area contributed by atoms with Gasteiger partial charge in [-0.25, -0.2) is 0 Å². The van der Waals surface area contributed by atoms with Crippen LogP contribution in [0.15, 0.2) is 0 Å². The molecule has 112 valence electrons. The average Bonchev–Trinajstić information content (AvgIpc) is 2.24. The van der Waals surface area contributed by atoms with E-state index in [1.165, 1.54) is 6.42 Å². The van der Waals surface area contributed by atoms with E-state index in [-0.39, 0.29) is 11.4 Å². The fourth-order valence-corrected chi connectivity index (χ4v) is 2.70. The molecular weight excluding hydrogens is 240 g/mol. The molecule has 1 saturated carbocycles. The van der Waals surface area contributed by atoms with Crippen LogP contribution in [0.2, 0.25) is 0 Å². The van der Waals surface area contributed by atoms with E-state index in [0.29, 0.717) is 25.4 Å². The highest BCUT2D eigenvalue weighted by molar-refractivity contribution is 5.76. The molecule has 1 amide bonds. The Balaban J connectivity index is 2.22. The van der Waals surface area contributed by atoms with E-state index in [9.17, 15) is 9.90 Å². The molecule has 2 atom stereocenters. The van der Waals surface area contributed by atoms with Gasteiger partial charge in [0.05, 0.1) is 5.60 Å². The fourth-order valence-electron chi connectivity index (χ4n) is 2.70. The zero-order valence-electron chi connectivity index (χ0n) is 12.9. The lowest BCUT2D eigenvalue weighted by Gasteiger charge is -2.35. The Kier molecular flexibility index (Phi) is 5.81. The minimum atomic E-state index is -0.690. The first-order valence-electron chi connectivity index (χ1n) is 7.44. The predicted octanol–water partition coefficient (Wildman–Crippen LogP) is 1.82. The average molecular weight is 270 g/mol. The second kappa shape index (κ2) is 6.71. The molecule has 0 spiro atoms. The van der Waals surface area contributed by atoms with Crippen molar-refractivity contribution in [2.45, 2.75) is 70.9 Å². The van der Waals surface area contributed by atoms with Crippen molar-refractivity contribution in [2.75, 3.05) is 13.1 Å². The number of hydrogen-bond donors (Lipinski definition) is 3. The highest BCUT2D eigenvalue weighted by atomic mass is 16.3. The number of carbonyl (C=O) groups excluding carboxylic acids is 1. The van der Waals surface area contributed by atoms with Crippen molar-refractivity contribution in [1.29, 1.82) is 0 Å². The molecule has 0 aromatic rings. The number of amides is 1. The van der Waals surface area contributed by atoms with Crippen LogP contribution >= 0.6 is 0 Å². The first-order valence-corrected chi connectivity index (χ1v) is 7.44. The van der Waals surface area contributed by atoms with E-state index >= 15 is 0 Å². The van der Waals surface area contributed by atoms with E-state index in [4.69, 9.17) is 0 Å². The van der Waals surface area contributed by atoms with Crippen LogP contribution in [0.3, 0.4) is 0 Å². The van der Waals surface area contributed by atoms with Crippen LogP contribution in [-0.4, -0.2) is 35.2 Å². The molecule has 0 aromatic carbocycles. The van der Waals surface area contributed by atoms with Crippen LogP contribution in [-0.2, 0) is 4.79 Å². The summed E-state index contributed by atoms with van der Waals surface area (Å²) in [7, 11) is 0. The van der Waals surface area contributed by atoms with E-state index in [0.717, 1.165) is 19.3 Å². The van der Waals surface area contributed by atoms with Gasteiger partial charge in [0.2, 0.25) is 5.91 Å². The first-order chi connectivity index (χ1) is 8.70. The van der Waals surface area contributed by atoms with Gasteiger partial charge >= 0.3 is 0 Å². The lowest BCUT2D eigenvalue weighted by atomic mass is 9.79. The van der Waals surface area contributed by atoms with Gasteiger partial charge in [0.15, 0.2) is 0 Å². The van der Waals surface area contributed by atoms with Crippen LogP contribution in [0.1, 0.15) is 59.8 Å². The number of carbonyl (C=O) groups is 1. The largest absolute Gasteiger partial charge is 0.388 e. The quantitative estimate of drug-likeness (QED) is 0.714. The summed E-state index contributed by atoms with van der Waals surface area (Å²) in [6, 6.07) is 0. The maximum atomic E-state index is 11.7. The SMILES string of the molecule is CC1CCCC(O)(CNC(=O)CCNC(C)(C)C)C1. The molecule has 4 heteroatoms. The van der Waals surface area contributed by atoms with Crippen LogP contribution in [0.25, 0.3) is 0 Å². The molecule has 4 nitrogen and oxygen atoms in total. The van der Waals surface area contributed by atoms with Crippen molar-refractivity contribution in [1.82, 2.24) is 10.6 Å². The molecule has 0 heterocycles. The monoisotopic (exact) mass is 270 g/mol. The zero-order chi connectivity index (χ0) is 14.5. The lowest BCUT2D eigenvalue weighted by molar-refractivity contribution is -0.122. The highest BCUT2D eigenvalue weighted by Crippen LogP contribution is 2.31. The summed E-state index contributed by atoms with van der Waals surface area (Å²) in [5.41, 5.74) is -0.651. The molecule has 0 aromatic heterocycles. The van der Waals surface area contributed by atoms with E-state index in [1.54, 1.807) is 0 Å². The number of hydrogen-bond acceptors (Lipinski definition) is 3. The molecular formula is C15H30N2O2. The second-order valence-corrected chi connectivity index (χ2v) is 7.13. The van der Waals surface area contributed by atoms with Crippen LogP contribution in [0.5, 0.6) is 0 Å². The molecule has 0 bridgehead atoms. The van der Waals surface area contributed by atoms with Gasteiger partial charge in [-0.2, -0.15) is 0 Å². The van der Waals surface area contributed by atoms with Crippen molar-refractivity contribution in [2.24, 2.45) is 5.92 Å². The molecule has 0 aliphatic heterocycles. The van der Waals surface area contributed by atoms with Gasteiger partial charge in [-0.05, 0) is 39.5 Å². The summed E-state index contributed by atoms with van der Waals surface area (Å²) in [4.78, 5) is 11.7. The summed E-state index contributed by atoms with van der Waals surface area (Å²) in [5, 5.41) is 16.6. The Morgan fingerprint density at radius 3 is 2.68 bits per heavy atom. The molecule has 1 aliphatic rings. The normalized spacial score (nSPS) is 28.2. The first kappa shape index (κ1) is 16.4. The Morgan fingerprint density at radius 1 is 1.42 bits per heavy atom. The standard InChI is InChI=1S/C15H30N2O2/c1-12-6-5-8-15(19,10-12)11-16-13(18)7-9-17-14(2,3)4/h12,17,19H,5-11H2,1-4H3,(H,16,18). The van der Waals surface area contributed by atoms with E-state index < -0.39 is 5.60 Å². The van der Waals surface area contributed by atoms with Crippen LogP contribution in [0.4, 0.5) is 0 Å². The van der Waals surface area contributed by atoms with Gasteiger partial charge in [-0.15, -0.1) is 0 Å². The summed E-state index contributed by atoms with van der Waals surface area (Å²) < 4.78 is 0. The van der Waals surface area contributed by atoms with Gasteiger partial charge < -0.3 is 15.7 Å². The van der Waals surface area contributed by atoms with Gasteiger partial charge in [0.1, 0.15) is 0 Å². The van der Waals surface area contributed by atoms with Crippen molar-refractivity contribution in [3.63, 3.8) is 0 Å². The predicted molar refractivity (Wildman–Crippen MR) is 78.0 cm³/mol. The third kappa shape index (κ3) is 6.92. The molecule has 2 unspecified atom stereocenters.